The Hall–Kier alpha value is -0.600. The number of hydrogen-bond acceptors (Lipinski definition) is 2. The number of hydrogen-bond donors (Lipinski definition) is 0. The van der Waals surface area contributed by atoms with E-state index in [-0.39, 0.29) is 5.41 Å². The van der Waals surface area contributed by atoms with Gasteiger partial charge in [-0.2, -0.15) is 0 Å². The highest BCUT2D eigenvalue weighted by Crippen LogP contribution is 2.21. The molecule has 0 aliphatic rings. The van der Waals surface area contributed by atoms with Gasteiger partial charge in [-0.25, -0.2) is 0 Å². The molecule has 0 fully saturated rings. The van der Waals surface area contributed by atoms with Crippen LogP contribution < -0.4 is 0 Å². The Morgan fingerprint density at radius 1 is 0.889 bits per heavy atom. The average molecular weight is 258 g/mol. The zero-order valence-electron chi connectivity index (χ0n) is 13.4. The predicted molar refractivity (Wildman–Crippen MR) is 83.1 cm³/mol. The second kappa shape index (κ2) is 18.8. The fraction of sp³-hybridized carbons (Fsp3) is 0.750. The molecule has 0 amide bonds. The maximum atomic E-state index is 5.45. The molecule has 0 rings (SSSR count). The van der Waals surface area contributed by atoms with Crippen LogP contribution in [0.15, 0.2) is 25.3 Å². The lowest BCUT2D eigenvalue weighted by Gasteiger charge is -2.27. The molecule has 2 heteroatoms. The van der Waals surface area contributed by atoms with Gasteiger partial charge in [0.25, 0.3) is 0 Å². The van der Waals surface area contributed by atoms with Gasteiger partial charge in [0.05, 0.1) is 26.4 Å². The third kappa shape index (κ3) is 15.4. The van der Waals surface area contributed by atoms with Crippen LogP contribution in [0.1, 0.15) is 48.0 Å². The van der Waals surface area contributed by atoms with E-state index in [1.807, 2.05) is 27.7 Å². The van der Waals surface area contributed by atoms with Gasteiger partial charge in [0.1, 0.15) is 0 Å². The second-order valence-electron chi connectivity index (χ2n) is 3.77. The molecule has 18 heavy (non-hydrogen) atoms. The van der Waals surface area contributed by atoms with Crippen LogP contribution in [-0.2, 0) is 9.47 Å². The maximum Gasteiger partial charge on any atom is 0.0645 e. The minimum atomic E-state index is 0.103. The molecular formula is C16H34O2. The quantitative estimate of drug-likeness (QED) is 0.434. The molecule has 0 atom stereocenters. The Morgan fingerprint density at radius 2 is 1.22 bits per heavy atom. The van der Waals surface area contributed by atoms with Crippen LogP contribution in [-0.4, -0.2) is 26.4 Å². The monoisotopic (exact) mass is 258 g/mol. The van der Waals surface area contributed by atoms with Crippen molar-refractivity contribution in [1.29, 1.82) is 0 Å². The third-order valence-corrected chi connectivity index (χ3v) is 2.23. The molecule has 0 aliphatic carbocycles. The molecule has 0 aromatic rings. The molecule has 0 aromatic carbocycles. The second-order valence-corrected chi connectivity index (χ2v) is 3.77. The number of rotatable bonds is 9. The van der Waals surface area contributed by atoms with E-state index in [9.17, 15) is 0 Å². The van der Waals surface area contributed by atoms with Gasteiger partial charge in [-0.1, -0.05) is 53.7 Å². The lowest BCUT2D eigenvalue weighted by Crippen LogP contribution is -2.28. The van der Waals surface area contributed by atoms with Crippen molar-refractivity contribution in [3.8, 4) is 0 Å². The Morgan fingerprint density at radius 3 is 1.44 bits per heavy atom. The molecule has 0 heterocycles. The summed E-state index contributed by atoms with van der Waals surface area (Å²) >= 11 is 0. The first-order valence-electron chi connectivity index (χ1n) is 7.06. The van der Waals surface area contributed by atoms with Crippen LogP contribution in [0.2, 0.25) is 0 Å². The lowest BCUT2D eigenvalue weighted by atomic mass is 9.90. The minimum Gasteiger partial charge on any atom is -0.377 e. The summed E-state index contributed by atoms with van der Waals surface area (Å²) < 4.78 is 10.9. The summed E-state index contributed by atoms with van der Waals surface area (Å²) in [6.45, 7) is 22.2. The summed E-state index contributed by atoms with van der Waals surface area (Å²) in [6.07, 6.45) is 4.57. The molecular weight excluding hydrogens is 224 g/mol. The van der Waals surface area contributed by atoms with Crippen molar-refractivity contribution in [2.45, 2.75) is 48.0 Å². The highest BCUT2D eigenvalue weighted by Gasteiger charge is 2.22. The van der Waals surface area contributed by atoms with Crippen LogP contribution in [0.25, 0.3) is 0 Å². The van der Waals surface area contributed by atoms with E-state index in [0.717, 1.165) is 6.42 Å². The smallest absolute Gasteiger partial charge is 0.0645 e. The van der Waals surface area contributed by atoms with E-state index in [1.165, 1.54) is 0 Å². The van der Waals surface area contributed by atoms with Crippen molar-refractivity contribution in [2.24, 2.45) is 5.41 Å². The summed E-state index contributed by atoms with van der Waals surface area (Å²) in [6, 6.07) is 0. The van der Waals surface area contributed by atoms with Gasteiger partial charge in [0, 0.05) is 5.41 Å². The summed E-state index contributed by atoms with van der Waals surface area (Å²) in [7, 11) is 0. The molecule has 0 saturated heterocycles. The van der Waals surface area contributed by atoms with Crippen molar-refractivity contribution < 1.29 is 9.47 Å². The molecule has 0 aliphatic heterocycles. The van der Waals surface area contributed by atoms with Gasteiger partial charge in [0.2, 0.25) is 0 Å². The summed E-state index contributed by atoms with van der Waals surface area (Å²) in [5.41, 5.74) is 0.103. The van der Waals surface area contributed by atoms with E-state index in [2.05, 4.69) is 27.0 Å². The SMILES string of the molecule is C=CCOCC(C)(CC)COCC=C.CC.CC. The Kier molecular flexibility index (Phi) is 23.5. The third-order valence-electron chi connectivity index (χ3n) is 2.23. The van der Waals surface area contributed by atoms with Crippen molar-refractivity contribution in [3.05, 3.63) is 25.3 Å². The van der Waals surface area contributed by atoms with E-state index in [1.54, 1.807) is 12.2 Å². The van der Waals surface area contributed by atoms with Crippen molar-refractivity contribution >= 4 is 0 Å². The molecule has 0 spiro atoms. The fourth-order valence-electron chi connectivity index (χ4n) is 1.02. The largest absolute Gasteiger partial charge is 0.377 e. The Bertz CT molecular complexity index is 150. The van der Waals surface area contributed by atoms with E-state index in [4.69, 9.17) is 9.47 Å². The fourth-order valence-corrected chi connectivity index (χ4v) is 1.02. The molecule has 0 radical (unpaired) electrons. The lowest BCUT2D eigenvalue weighted by molar-refractivity contribution is -0.000285. The maximum absolute atomic E-state index is 5.45. The number of ether oxygens (including phenoxy) is 2. The molecule has 0 unspecified atom stereocenters. The minimum absolute atomic E-state index is 0.103. The standard InChI is InChI=1S/C12H22O2.2C2H6/c1-5-8-13-10-12(4,7-3)11-14-9-6-2;2*1-2/h5-6H,1-2,7-11H2,3-4H3;2*1-2H3. The van der Waals surface area contributed by atoms with Crippen LogP contribution >= 0.6 is 0 Å². The van der Waals surface area contributed by atoms with Crippen LogP contribution in [0.5, 0.6) is 0 Å². The zero-order chi connectivity index (χ0) is 14.9. The van der Waals surface area contributed by atoms with Crippen molar-refractivity contribution in [2.75, 3.05) is 26.4 Å². The Labute approximate surface area is 115 Å². The van der Waals surface area contributed by atoms with E-state index < -0.39 is 0 Å². The van der Waals surface area contributed by atoms with Crippen LogP contribution in [0.3, 0.4) is 0 Å². The molecule has 2 nitrogen and oxygen atoms in total. The topological polar surface area (TPSA) is 18.5 Å². The van der Waals surface area contributed by atoms with Gasteiger partial charge in [-0.3, -0.25) is 0 Å². The average Bonchev–Trinajstić information content (AvgIpc) is 2.44. The summed E-state index contributed by atoms with van der Waals surface area (Å²) in [5, 5.41) is 0. The van der Waals surface area contributed by atoms with Gasteiger partial charge in [0.15, 0.2) is 0 Å². The van der Waals surface area contributed by atoms with Crippen LogP contribution in [0, 0.1) is 5.41 Å². The Balaban J connectivity index is -0.000000506. The first-order chi connectivity index (χ1) is 8.68. The highest BCUT2D eigenvalue weighted by atomic mass is 16.5. The predicted octanol–water partition coefficient (Wildman–Crippen LogP) is 4.86. The first-order valence-corrected chi connectivity index (χ1v) is 7.06. The molecule has 0 N–H and O–H groups in total. The van der Waals surface area contributed by atoms with Gasteiger partial charge >= 0.3 is 0 Å². The summed E-state index contributed by atoms with van der Waals surface area (Å²) in [5.74, 6) is 0. The van der Waals surface area contributed by atoms with Gasteiger partial charge in [-0.15, -0.1) is 13.2 Å². The van der Waals surface area contributed by atoms with E-state index in [0.29, 0.717) is 26.4 Å². The molecule has 0 aromatic heterocycles. The molecule has 110 valence electrons. The van der Waals surface area contributed by atoms with Crippen molar-refractivity contribution in [1.82, 2.24) is 0 Å². The first kappa shape index (κ1) is 22.6. The van der Waals surface area contributed by atoms with Gasteiger partial charge < -0.3 is 9.47 Å². The van der Waals surface area contributed by atoms with E-state index >= 15 is 0 Å². The zero-order valence-corrected chi connectivity index (χ0v) is 13.4. The highest BCUT2D eigenvalue weighted by molar-refractivity contribution is 4.74. The van der Waals surface area contributed by atoms with Crippen LogP contribution in [0.4, 0.5) is 0 Å². The van der Waals surface area contributed by atoms with Crippen molar-refractivity contribution in [3.63, 3.8) is 0 Å². The van der Waals surface area contributed by atoms with Gasteiger partial charge in [-0.05, 0) is 6.42 Å². The molecule has 0 bridgehead atoms. The normalized spacial score (nSPS) is 9.44. The molecule has 0 saturated carbocycles. The summed E-state index contributed by atoms with van der Waals surface area (Å²) in [4.78, 5) is 0.